The third-order valence-corrected chi connectivity index (χ3v) is 2.57. The maximum atomic E-state index is 5.45. The van der Waals surface area contributed by atoms with E-state index in [9.17, 15) is 0 Å². The summed E-state index contributed by atoms with van der Waals surface area (Å²) in [7, 11) is 0. The van der Waals surface area contributed by atoms with Gasteiger partial charge in [0.2, 0.25) is 0 Å². The lowest BCUT2D eigenvalue weighted by atomic mass is 9.93. The van der Waals surface area contributed by atoms with Crippen LogP contribution in [0.5, 0.6) is 0 Å². The zero-order chi connectivity index (χ0) is 7.73. The van der Waals surface area contributed by atoms with Gasteiger partial charge in [-0.2, -0.15) is 0 Å². The van der Waals surface area contributed by atoms with Gasteiger partial charge in [0.05, 0.1) is 18.3 Å². The number of hydrogen-bond acceptors (Lipinski definition) is 1. The lowest BCUT2D eigenvalue weighted by molar-refractivity contribution is 0.219. The predicted octanol–water partition coefficient (Wildman–Crippen LogP) is 2.09. The maximum Gasteiger partial charge on any atom is 0.0876 e. The molecule has 1 aliphatic carbocycles. The Bertz CT molecular complexity index is 228. The average molecular weight is 148 g/mol. The molecule has 0 aromatic rings. The summed E-state index contributed by atoms with van der Waals surface area (Å²) >= 11 is 0. The molecule has 2 aliphatic rings. The van der Waals surface area contributed by atoms with E-state index in [1.807, 2.05) is 6.26 Å². The van der Waals surface area contributed by atoms with E-state index >= 15 is 0 Å². The van der Waals surface area contributed by atoms with E-state index in [1.54, 1.807) is 0 Å². The molecule has 0 unspecified atom stereocenters. The van der Waals surface area contributed by atoms with Gasteiger partial charge in [0, 0.05) is 0 Å². The third kappa shape index (κ3) is 1.03. The summed E-state index contributed by atoms with van der Waals surface area (Å²) in [5.74, 6) is 2.87. The molecular formula is C10H12O. The zero-order valence-corrected chi connectivity index (χ0v) is 6.60. The molecule has 2 rings (SSSR count). The van der Waals surface area contributed by atoms with Crippen LogP contribution < -0.4 is 0 Å². The molecule has 58 valence electrons. The van der Waals surface area contributed by atoms with E-state index < -0.39 is 0 Å². The Balaban J connectivity index is 2.16. The van der Waals surface area contributed by atoms with Gasteiger partial charge in [0.15, 0.2) is 0 Å². The topological polar surface area (TPSA) is 9.23 Å². The number of ether oxygens (including phenoxy) is 1. The minimum Gasteiger partial charge on any atom is -0.501 e. The smallest absolute Gasteiger partial charge is 0.0876 e. The Morgan fingerprint density at radius 1 is 1.55 bits per heavy atom. The van der Waals surface area contributed by atoms with Gasteiger partial charge in [0.1, 0.15) is 0 Å². The molecule has 0 atom stereocenters. The molecule has 0 radical (unpaired) electrons. The van der Waals surface area contributed by atoms with Crippen molar-refractivity contribution in [1.82, 2.24) is 0 Å². The van der Waals surface area contributed by atoms with Crippen LogP contribution in [0.15, 0.2) is 11.8 Å². The monoisotopic (exact) mass is 148 g/mol. The maximum absolute atomic E-state index is 5.45. The molecule has 1 fully saturated rings. The van der Waals surface area contributed by atoms with Crippen LogP contribution in [0, 0.1) is 17.8 Å². The van der Waals surface area contributed by atoms with Crippen molar-refractivity contribution in [3.05, 3.63) is 11.8 Å². The van der Waals surface area contributed by atoms with Gasteiger partial charge in [-0.1, -0.05) is 5.92 Å². The van der Waals surface area contributed by atoms with Crippen molar-refractivity contribution in [3.8, 4) is 12.3 Å². The summed E-state index contributed by atoms with van der Waals surface area (Å²) in [6, 6.07) is 0. The average Bonchev–Trinajstić information content (AvgIpc) is 2.86. The molecule has 11 heavy (non-hydrogen) atoms. The van der Waals surface area contributed by atoms with E-state index in [2.05, 4.69) is 5.92 Å². The van der Waals surface area contributed by atoms with Crippen LogP contribution in [0.3, 0.4) is 0 Å². The largest absolute Gasteiger partial charge is 0.501 e. The summed E-state index contributed by atoms with van der Waals surface area (Å²) in [6.07, 6.45) is 11.9. The van der Waals surface area contributed by atoms with Gasteiger partial charge in [0.25, 0.3) is 0 Å². The second-order valence-corrected chi connectivity index (χ2v) is 3.34. The normalized spacial score (nSPS) is 26.3. The second-order valence-electron chi connectivity index (χ2n) is 3.34. The van der Waals surface area contributed by atoms with Crippen molar-refractivity contribution in [1.29, 1.82) is 0 Å². The molecule has 1 nitrogen and oxygen atoms in total. The van der Waals surface area contributed by atoms with Crippen molar-refractivity contribution in [2.75, 3.05) is 6.61 Å². The summed E-state index contributed by atoms with van der Waals surface area (Å²) < 4.78 is 5.25. The second kappa shape index (κ2) is 2.30. The van der Waals surface area contributed by atoms with E-state index in [0.717, 1.165) is 19.4 Å². The Hall–Kier alpha value is -0.900. The van der Waals surface area contributed by atoms with E-state index in [4.69, 9.17) is 11.2 Å². The molecule has 0 aromatic heterocycles. The molecule has 1 saturated carbocycles. The van der Waals surface area contributed by atoms with Crippen LogP contribution in [0.1, 0.15) is 25.7 Å². The first-order chi connectivity index (χ1) is 5.37. The number of allylic oxidation sites excluding steroid dienone is 1. The molecule has 0 N–H and O–H groups in total. The minimum atomic E-state index is 0.125. The van der Waals surface area contributed by atoms with E-state index in [-0.39, 0.29) is 5.41 Å². The highest BCUT2D eigenvalue weighted by Crippen LogP contribution is 2.53. The Morgan fingerprint density at radius 3 is 2.82 bits per heavy atom. The SMILES string of the molecule is C#CC1(C2=COCCC2)CC1. The highest BCUT2D eigenvalue weighted by molar-refractivity contribution is 5.32. The van der Waals surface area contributed by atoms with Crippen molar-refractivity contribution in [2.45, 2.75) is 25.7 Å². The van der Waals surface area contributed by atoms with Crippen molar-refractivity contribution in [2.24, 2.45) is 5.41 Å². The van der Waals surface area contributed by atoms with Gasteiger partial charge in [-0.05, 0) is 31.3 Å². The van der Waals surface area contributed by atoms with Gasteiger partial charge in [-0.3, -0.25) is 0 Å². The molecule has 0 aromatic carbocycles. The zero-order valence-electron chi connectivity index (χ0n) is 6.60. The molecule has 0 amide bonds. The quantitative estimate of drug-likeness (QED) is 0.517. The van der Waals surface area contributed by atoms with Gasteiger partial charge < -0.3 is 4.74 Å². The first-order valence-corrected chi connectivity index (χ1v) is 4.16. The van der Waals surface area contributed by atoms with Crippen molar-refractivity contribution >= 4 is 0 Å². The van der Waals surface area contributed by atoms with Gasteiger partial charge >= 0.3 is 0 Å². The Morgan fingerprint density at radius 2 is 2.36 bits per heavy atom. The molecule has 0 saturated heterocycles. The Labute approximate surface area is 67.4 Å². The lowest BCUT2D eigenvalue weighted by Gasteiger charge is -2.17. The number of hydrogen-bond donors (Lipinski definition) is 0. The van der Waals surface area contributed by atoms with E-state index in [1.165, 1.54) is 18.4 Å². The minimum absolute atomic E-state index is 0.125. The first-order valence-electron chi connectivity index (χ1n) is 4.16. The van der Waals surface area contributed by atoms with Gasteiger partial charge in [-0.25, -0.2) is 0 Å². The highest BCUT2D eigenvalue weighted by Gasteiger charge is 2.44. The standard InChI is InChI=1S/C10H12O/c1-2-10(5-6-10)9-4-3-7-11-8-9/h1,8H,3-7H2. The van der Waals surface area contributed by atoms with Crippen molar-refractivity contribution in [3.63, 3.8) is 0 Å². The van der Waals surface area contributed by atoms with Crippen LogP contribution in [0.2, 0.25) is 0 Å². The van der Waals surface area contributed by atoms with Crippen LogP contribution in [0.25, 0.3) is 0 Å². The van der Waals surface area contributed by atoms with Crippen LogP contribution in [0.4, 0.5) is 0 Å². The van der Waals surface area contributed by atoms with E-state index in [0.29, 0.717) is 0 Å². The highest BCUT2D eigenvalue weighted by atomic mass is 16.5. The fraction of sp³-hybridized carbons (Fsp3) is 0.600. The molecule has 1 heterocycles. The van der Waals surface area contributed by atoms with Crippen LogP contribution >= 0.6 is 0 Å². The number of terminal acetylenes is 1. The Kier molecular flexibility index (Phi) is 1.42. The molecule has 0 spiro atoms. The first kappa shape index (κ1) is 6.79. The summed E-state index contributed by atoms with van der Waals surface area (Å²) in [5, 5.41) is 0. The predicted molar refractivity (Wildman–Crippen MR) is 43.8 cm³/mol. The summed E-state index contributed by atoms with van der Waals surface area (Å²) in [5.41, 5.74) is 1.48. The summed E-state index contributed by atoms with van der Waals surface area (Å²) in [6.45, 7) is 0.865. The molecule has 1 aliphatic heterocycles. The summed E-state index contributed by atoms with van der Waals surface area (Å²) in [4.78, 5) is 0. The number of rotatable bonds is 1. The molecular weight excluding hydrogens is 136 g/mol. The van der Waals surface area contributed by atoms with Crippen molar-refractivity contribution < 1.29 is 4.74 Å². The molecule has 1 heteroatoms. The third-order valence-electron chi connectivity index (χ3n) is 2.57. The lowest BCUT2D eigenvalue weighted by Crippen LogP contribution is -2.08. The van der Waals surface area contributed by atoms with Crippen LogP contribution in [-0.2, 0) is 4.74 Å². The molecule has 0 bridgehead atoms. The van der Waals surface area contributed by atoms with Crippen LogP contribution in [-0.4, -0.2) is 6.61 Å². The van der Waals surface area contributed by atoms with Gasteiger partial charge in [-0.15, -0.1) is 6.42 Å². The fourth-order valence-corrected chi connectivity index (χ4v) is 1.60. The fourth-order valence-electron chi connectivity index (χ4n) is 1.60.